The van der Waals surface area contributed by atoms with Gasteiger partial charge in [-0.25, -0.2) is 4.98 Å². The lowest BCUT2D eigenvalue weighted by atomic mass is 10.2. The molecule has 0 aliphatic heterocycles. The maximum Gasteiger partial charge on any atom is 0.246 e. The number of hydrogen-bond acceptors (Lipinski definition) is 6. The number of amides is 2. The van der Waals surface area contributed by atoms with Crippen molar-refractivity contribution >= 4 is 28.9 Å². The first kappa shape index (κ1) is 19.0. The maximum atomic E-state index is 12.5. The lowest BCUT2D eigenvalue weighted by Gasteiger charge is -2.17. The molecule has 0 radical (unpaired) electrons. The second-order valence-corrected chi connectivity index (χ2v) is 5.54. The van der Waals surface area contributed by atoms with Gasteiger partial charge in [-0.1, -0.05) is 0 Å². The number of nitrogens with zero attached hydrogens (tertiary/aromatic N) is 1. The number of ether oxygens (including phenoxy) is 2. The summed E-state index contributed by atoms with van der Waals surface area (Å²) >= 11 is 0. The van der Waals surface area contributed by atoms with E-state index in [1.807, 2.05) is 0 Å². The van der Waals surface area contributed by atoms with Crippen molar-refractivity contribution in [1.82, 2.24) is 4.98 Å². The van der Waals surface area contributed by atoms with E-state index in [2.05, 4.69) is 20.9 Å². The number of carbonyl (C=O) groups is 2. The molecule has 138 valence electrons. The third kappa shape index (κ3) is 5.10. The minimum Gasteiger partial charge on any atom is -0.495 e. The number of carbonyl (C=O) groups excluding carboxylic acids is 2. The van der Waals surface area contributed by atoms with Crippen molar-refractivity contribution < 1.29 is 19.1 Å². The summed E-state index contributed by atoms with van der Waals surface area (Å²) in [5.74, 6) is 0.520. The van der Waals surface area contributed by atoms with E-state index in [-0.39, 0.29) is 11.8 Å². The number of pyridine rings is 1. The highest BCUT2D eigenvalue weighted by Crippen LogP contribution is 2.28. The summed E-state index contributed by atoms with van der Waals surface area (Å²) in [6.45, 7) is 3.14. The van der Waals surface area contributed by atoms with Crippen molar-refractivity contribution in [3.63, 3.8) is 0 Å². The molecule has 1 aromatic carbocycles. The quantitative estimate of drug-likeness (QED) is 0.703. The van der Waals surface area contributed by atoms with Crippen LogP contribution in [0.2, 0.25) is 0 Å². The first-order chi connectivity index (χ1) is 12.4. The lowest BCUT2D eigenvalue weighted by molar-refractivity contribution is -0.116. The number of nitrogens with one attached hydrogen (secondary N) is 3. The Kier molecular flexibility index (Phi) is 6.37. The highest BCUT2D eigenvalue weighted by molar-refractivity contribution is 5.98. The van der Waals surface area contributed by atoms with Crippen LogP contribution in [0.3, 0.4) is 0 Å². The van der Waals surface area contributed by atoms with Crippen LogP contribution in [0.25, 0.3) is 0 Å². The molecular weight excluding hydrogens is 336 g/mol. The fourth-order valence-electron chi connectivity index (χ4n) is 2.23. The Balaban J connectivity index is 2.08. The van der Waals surface area contributed by atoms with E-state index in [1.54, 1.807) is 43.5 Å². The molecule has 3 N–H and O–H groups in total. The van der Waals surface area contributed by atoms with Crippen LogP contribution < -0.4 is 25.4 Å². The first-order valence-electron chi connectivity index (χ1n) is 7.96. The van der Waals surface area contributed by atoms with Gasteiger partial charge >= 0.3 is 0 Å². The Morgan fingerprint density at radius 2 is 1.77 bits per heavy atom. The van der Waals surface area contributed by atoms with Gasteiger partial charge in [0, 0.05) is 18.7 Å². The summed E-state index contributed by atoms with van der Waals surface area (Å²) in [5.41, 5.74) is 1.71. The predicted molar refractivity (Wildman–Crippen MR) is 99.8 cm³/mol. The monoisotopic (exact) mass is 358 g/mol. The number of hydrogen-bond donors (Lipinski definition) is 3. The van der Waals surface area contributed by atoms with Gasteiger partial charge in [0.2, 0.25) is 17.7 Å². The zero-order chi connectivity index (χ0) is 19.1. The van der Waals surface area contributed by atoms with Crippen molar-refractivity contribution in [1.29, 1.82) is 0 Å². The predicted octanol–water partition coefficient (Wildman–Crippen LogP) is 2.50. The van der Waals surface area contributed by atoms with Gasteiger partial charge in [-0.15, -0.1) is 0 Å². The molecule has 0 saturated heterocycles. The molecule has 0 saturated carbocycles. The van der Waals surface area contributed by atoms with E-state index in [9.17, 15) is 9.59 Å². The molecule has 2 rings (SSSR count). The van der Waals surface area contributed by atoms with Gasteiger partial charge in [0.1, 0.15) is 11.8 Å². The molecule has 0 fully saturated rings. The number of anilines is 3. The van der Waals surface area contributed by atoms with Gasteiger partial charge in [-0.2, -0.15) is 0 Å². The normalized spacial score (nSPS) is 11.2. The van der Waals surface area contributed by atoms with Crippen molar-refractivity contribution in [2.75, 3.05) is 30.2 Å². The summed E-state index contributed by atoms with van der Waals surface area (Å²) in [7, 11) is 3.04. The molecule has 0 aliphatic carbocycles. The second-order valence-electron chi connectivity index (χ2n) is 5.54. The van der Waals surface area contributed by atoms with Gasteiger partial charge in [0.15, 0.2) is 0 Å². The molecule has 8 heteroatoms. The van der Waals surface area contributed by atoms with Crippen LogP contribution in [-0.4, -0.2) is 37.1 Å². The van der Waals surface area contributed by atoms with E-state index in [1.165, 1.54) is 21.1 Å². The van der Waals surface area contributed by atoms with Crippen LogP contribution in [0.4, 0.5) is 17.1 Å². The number of methoxy groups -OCH3 is 2. The van der Waals surface area contributed by atoms with Crippen molar-refractivity contribution in [3.05, 3.63) is 36.5 Å². The van der Waals surface area contributed by atoms with Gasteiger partial charge in [0.05, 0.1) is 31.8 Å². The highest BCUT2D eigenvalue weighted by Gasteiger charge is 2.16. The van der Waals surface area contributed by atoms with Crippen LogP contribution in [0.15, 0.2) is 36.5 Å². The van der Waals surface area contributed by atoms with E-state index in [0.29, 0.717) is 28.7 Å². The van der Waals surface area contributed by atoms with Gasteiger partial charge in [-0.05, 0) is 31.2 Å². The molecular formula is C18H22N4O4. The third-order valence-corrected chi connectivity index (χ3v) is 3.50. The Hall–Kier alpha value is -3.29. The standard InChI is InChI=1S/C18H22N4O4/c1-11(20-14-6-8-17(26-4)19-10-14)18(24)22-15-9-13(21-12(2)23)5-7-16(15)25-3/h5-11,20H,1-4H3,(H,21,23)(H,22,24). The third-order valence-electron chi connectivity index (χ3n) is 3.50. The van der Waals surface area contributed by atoms with E-state index in [0.717, 1.165) is 0 Å². The molecule has 1 atom stereocenters. The fourth-order valence-corrected chi connectivity index (χ4v) is 2.23. The van der Waals surface area contributed by atoms with Crippen molar-refractivity contribution in [2.24, 2.45) is 0 Å². The smallest absolute Gasteiger partial charge is 0.246 e. The van der Waals surface area contributed by atoms with Crippen LogP contribution in [0.1, 0.15) is 13.8 Å². The van der Waals surface area contributed by atoms with Gasteiger partial charge in [-0.3, -0.25) is 9.59 Å². The Morgan fingerprint density at radius 1 is 1.04 bits per heavy atom. The minimum absolute atomic E-state index is 0.200. The van der Waals surface area contributed by atoms with Crippen molar-refractivity contribution in [2.45, 2.75) is 19.9 Å². The lowest BCUT2D eigenvalue weighted by Crippen LogP contribution is -2.32. The summed E-state index contributed by atoms with van der Waals surface area (Å²) in [5, 5.41) is 8.52. The van der Waals surface area contributed by atoms with Gasteiger partial charge < -0.3 is 25.4 Å². The molecule has 1 unspecified atom stereocenters. The summed E-state index contributed by atoms with van der Waals surface area (Å²) in [6, 6.07) is 7.95. The van der Waals surface area contributed by atoms with Crippen LogP contribution in [0, 0.1) is 0 Å². The molecule has 0 aliphatic rings. The van der Waals surface area contributed by atoms with E-state index in [4.69, 9.17) is 9.47 Å². The van der Waals surface area contributed by atoms with E-state index < -0.39 is 6.04 Å². The molecule has 2 aromatic rings. The first-order valence-corrected chi connectivity index (χ1v) is 7.96. The van der Waals surface area contributed by atoms with E-state index >= 15 is 0 Å². The molecule has 0 spiro atoms. The Bertz CT molecular complexity index is 777. The molecule has 1 aromatic heterocycles. The van der Waals surface area contributed by atoms with Crippen LogP contribution in [-0.2, 0) is 9.59 Å². The number of aromatic nitrogens is 1. The topological polar surface area (TPSA) is 102 Å². The molecule has 8 nitrogen and oxygen atoms in total. The largest absolute Gasteiger partial charge is 0.495 e. The molecule has 26 heavy (non-hydrogen) atoms. The average Bonchev–Trinajstić information content (AvgIpc) is 2.62. The molecule has 2 amide bonds. The summed E-state index contributed by atoms with van der Waals surface area (Å²) in [4.78, 5) is 27.8. The number of rotatable bonds is 7. The summed E-state index contributed by atoms with van der Waals surface area (Å²) in [6.07, 6.45) is 1.58. The second kappa shape index (κ2) is 8.70. The molecule has 1 heterocycles. The Labute approximate surface area is 151 Å². The Morgan fingerprint density at radius 3 is 2.35 bits per heavy atom. The fraction of sp³-hybridized carbons (Fsp3) is 0.278. The summed E-state index contributed by atoms with van der Waals surface area (Å²) < 4.78 is 10.3. The minimum atomic E-state index is -0.528. The highest BCUT2D eigenvalue weighted by atomic mass is 16.5. The number of benzene rings is 1. The van der Waals surface area contributed by atoms with Crippen molar-refractivity contribution in [3.8, 4) is 11.6 Å². The van der Waals surface area contributed by atoms with Gasteiger partial charge in [0.25, 0.3) is 0 Å². The maximum absolute atomic E-state index is 12.5. The SMILES string of the molecule is COc1ccc(NC(C)C(=O)Nc2cc(NC(C)=O)ccc2OC)cn1. The average molecular weight is 358 g/mol. The molecule has 0 bridgehead atoms. The van der Waals surface area contributed by atoms with Crippen LogP contribution in [0.5, 0.6) is 11.6 Å². The zero-order valence-electron chi connectivity index (χ0n) is 15.1. The zero-order valence-corrected chi connectivity index (χ0v) is 15.1. The van der Waals surface area contributed by atoms with Crippen LogP contribution >= 0.6 is 0 Å².